The minimum Gasteiger partial charge on any atom is -0.327 e. The number of hydrogen-bond acceptors (Lipinski definition) is 1. The summed E-state index contributed by atoms with van der Waals surface area (Å²) in [7, 11) is 2.12. The summed E-state index contributed by atoms with van der Waals surface area (Å²) in [5.74, 6) is 1.45. The van der Waals surface area contributed by atoms with Gasteiger partial charge < -0.3 is 4.57 Å². The lowest BCUT2D eigenvalue weighted by Gasteiger charge is -2.35. The van der Waals surface area contributed by atoms with Crippen molar-refractivity contribution in [3.05, 3.63) is 255 Å². The minimum atomic E-state index is -0.514. The van der Waals surface area contributed by atoms with E-state index in [-0.39, 0.29) is 11.8 Å². The summed E-state index contributed by atoms with van der Waals surface area (Å²) in [4.78, 5) is 5.01. The first-order chi connectivity index (χ1) is 30.3. The van der Waals surface area contributed by atoms with Crippen LogP contribution in [0.15, 0.2) is 194 Å². The Morgan fingerprint density at radius 2 is 1.27 bits per heavy atom. The van der Waals surface area contributed by atoms with Gasteiger partial charge in [0, 0.05) is 24.5 Å². The van der Waals surface area contributed by atoms with E-state index < -0.39 is 5.41 Å². The second-order valence-corrected chi connectivity index (χ2v) is 17.9. The van der Waals surface area contributed by atoms with Crippen molar-refractivity contribution in [1.82, 2.24) is 9.55 Å². The predicted octanol–water partition coefficient (Wildman–Crippen LogP) is 14.6. The Kier molecular flexibility index (Phi) is 9.09. The van der Waals surface area contributed by atoms with Crippen molar-refractivity contribution < 1.29 is 0 Å². The minimum absolute atomic E-state index is 0.187. The van der Waals surface area contributed by atoms with Crippen LogP contribution in [0.25, 0.3) is 44.9 Å². The highest BCUT2D eigenvalue weighted by atomic mass is 15.1. The zero-order valence-corrected chi connectivity index (χ0v) is 36.0. The summed E-state index contributed by atoms with van der Waals surface area (Å²) < 4.78 is 2.21. The quantitative estimate of drug-likeness (QED) is 0.153. The average Bonchev–Trinajstić information content (AvgIpc) is 3.74. The van der Waals surface area contributed by atoms with Crippen molar-refractivity contribution >= 4 is 22.7 Å². The molecule has 0 saturated carbocycles. The maximum absolute atomic E-state index is 5.01. The molecule has 2 nitrogen and oxygen atoms in total. The highest BCUT2D eigenvalue weighted by molar-refractivity contribution is 5.89. The summed E-state index contributed by atoms with van der Waals surface area (Å²) in [6.45, 7) is 11.2. The van der Waals surface area contributed by atoms with Gasteiger partial charge in [-0.3, -0.25) is 0 Å². The molecule has 1 heterocycles. The molecule has 1 aromatic heterocycles. The van der Waals surface area contributed by atoms with Gasteiger partial charge in [-0.05, 0) is 119 Å². The Labute approximate surface area is 366 Å². The number of aromatic nitrogens is 2. The Bertz CT molecular complexity index is 3120. The molecule has 0 saturated heterocycles. The number of hydrogen-bond donors (Lipinski definition) is 0. The molecule has 0 N–H and O–H groups in total. The zero-order valence-electron chi connectivity index (χ0n) is 36.0. The third kappa shape index (κ3) is 6.11. The molecule has 0 spiro atoms. The lowest BCUT2D eigenvalue weighted by molar-refractivity contribution is 0.761. The van der Waals surface area contributed by atoms with Crippen LogP contribution in [0.2, 0.25) is 0 Å². The number of para-hydroxylation sites is 2. The molecule has 0 radical (unpaired) electrons. The van der Waals surface area contributed by atoms with Gasteiger partial charge in [-0.15, -0.1) is 0 Å². The summed E-state index contributed by atoms with van der Waals surface area (Å²) in [6.07, 6.45) is 11.2. The standard InChI is InChI=1S/C60H50N2/c1-38-14-28-50(29-15-38)60(51-30-16-39(2)17-31-51)54-36-48(42-18-22-44(23-19-42)58-40(3)34-46-10-6-7-11-47(46)35-41(58)4)26-32-52(54)53-33-27-49(37-55(53)60)43-20-24-45(25-21-43)59-61-56-12-8-9-13-57(56)62(59)5/h6-20,22-33,35-37,43,58H,3,21,34H2,1-2,4-5H3. The van der Waals surface area contributed by atoms with Gasteiger partial charge in [-0.1, -0.05) is 193 Å². The molecule has 2 atom stereocenters. The van der Waals surface area contributed by atoms with E-state index in [0.717, 1.165) is 29.7 Å². The molecule has 2 unspecified atom stereocenters. The molecule has 11 rings (SSSR count). The van der Waals surface area contributed by atoms with Crippen molar-refractivity contribution in [3.63, 3.8) is 0 Å². The second-order valence-electron chi connectivity index (χ2n) is 17.9. The Balaban J connectivity index is 1.01. The maximum atomic E-state index is 5.01. The van der Waals surface area contributed by atoms with E-state index in [1.165, 1.54) is 94.6 Å². The van der Waals surface area contributed by atoms with E-state index in [1.807, 2.05) is 0 Å². The van der Waals surface area contributed by atoms with Crippen molar-refractivity contribution in [2.24, 2.45) is 7.05 Å². The molecule has 7 aromatic carbocycles. The van der Waals surface area contributed by atoms with E-state index in [4.69, 9.17) is 4.98 Å². The molecule has 300 valence electrons. The number of rotatable bonds is 6. The van der Waals surface area contributed by atoms with Gasteiger partial charge in [0.1, 0.15) is 5.82 Å². The smallest absolute Gasteiger partial charge is 0.140 e. The first-order valence-electron chi connectivity index (χ1n) is 22.0. The van der Waals surface area contributed by atoms with E-state index in [1.54, 1.807) is 0 Å². The number of allylic oxidation sites excluding steroid dienone is 6. The van der Waals surface area contributed by atoms with Gasteiger partial charge >= 0.3 is 0 Å². The molecule has 0 bridgehead atoms. The van der Waals surface area contributed by atoms with Crippen LogP contribution < -0.4 is 0 Å². The van der Waals surface area contributed by atoms with Gasteiger partial charge in [0.25, 0.3) is 0 Å². The second kappa shape index (κ2) is 14.9. The summed E-state index contributed by atoms with van der Waals surface area (Å²) in [6, 6.07) is 59.5. The molecule has 62 heavy (non-hydrogen) atoms. The van der Waals surface area contributed by atoms with E-state index in [0.29, 0.717) is 0 Å². The third-order valence-electron chi connectivity index (χ3n) is 14.0. The lowest BCUT2D eigenvalue weighted by Crippen LogP contribution is -2.29. The molecule has 0 fully saturated rings. The Morgan fingerprint density at radius 3 is 1.97 bits per heavy atom. The SMILES string of the molecule is C=C1Cc2ccccc2C=C(C)C1c1ccc(-c2ccc3c(c2)C(c2ccc(C)cc2)(c2ccc(C)cc2)c2cc(C4C=CC(c5nc6ccccc6n5C)=CC4)ccc2-3)cc1. The van der Waals surface area contributed by atoms with Gasteiger partial charge in [0.05, 0.1) is 16.4 Å². The fourth-order valence-electron chi connectivity index (χ4n) is 10.8. The summed E-state index contributed by atoms with van der Waals surface area (Å²) >= 11 is 0. The van der Waals surface area contributed by atoms with Crippen molar-refractivity contribution in [1.29, 1.82) is 0 Å². The zero-order chi connectivity index (χ0) is 42.1. The fraction of sp³-hybridized carbons (Fsp3) is 0.150. The summed E-state index contributed by atoms with van der Waals surface area (Å²) in [5.41, 5.74) is 23.5. The third-order valence-corrected chi connectivity index (χ3v) is 14.0. The first kappa shape index (κ1) is 37.9. The number of benzene rings is 7. The number of imidazole rings is 1. The molecule has 0 aliphatic heterocycles. The number of aryl methyl sites for hydroxylation is 3. The topological polar surface area (TPSA) is 17.8 Å². The number of fused-ring (bicyclic) bond motifs is 5. The first-order valence-corrected chi connectivity index (χ1v) is 22.0. The van der Waals surface area contributed by atoms with E-state index >= 15 is 0 Å². The van der Waals surface area contributed by atoms with Crippen LogP contribution in [0, 0.1) is 13.8 Å². The highest BCUT2D eigenvalue weighted by Gasteiger charge is 2.46. The Hall–Kier alpha value is -7.03. The summed E-state index contributed by atoms with van der Waals surface area (Å²) in [5, 5.41) is 0. The van der Waals surface area contributed by atoms with Gasteiger partial charge in [0.2, 0.25) is 0 Å². The number of nitrogens with zero attached hydrogens (tertiary/aromatic N) is 2. The predicted molar refractivity (Wildman–Crippen MR) is 260 cm³/mol. The van der Waals surface area contributed by atoms with Crippen molar-refractivity contribution in [2.45, 2.75) is 50.9 Å². The van der Waals surface area contributed by atoms with Crippen LogP contribution in [-0.4, -0.2) is 9.55 Å². The van der Waals surface area contributed by atoms with E-state index in [2.05, 4.69) is 221 Å². The lowest BCUT2D eigenvalue weighted by atomic mass is 9.66. The molecule has 3 aliphatic carbocycles. The molecular formula is C60H50N2. The van der Waals surface area contributed by atoms with Crippen LogP contribution in [0.5, 0.6) is 0 Å². The van der Waals surface area contributed by atoms with Crippen LogP contribution in [0.4, 0.5) is 0 Å². The van der Waals surface area contributed by atoms with Crippen LogP contribution >= 0.6 is 0 Å². The van der Waals surface area contributed by atoms with Gasteiger partial charge in [-0.25, -0.2) is 4.98 Å². The largest absolute Gasteiger partial charge is 0.327 e. The van der Waals surface area contributed by atoms with Crippen molar-refractivity contribution in [2.75, 3.05) is 0 Å². The fourth-order valence-corrected chi connectivity index (χ4v) is 10.8. The van der Waals surface area contributed by atoms with Gasteiger partial charge in [0.15, 0.2) is 0 Å². The van der Waals surface area contributed by atoms with E-state index in [9.17, 15) is 0 Å². The molecule has 3 aliphatic rings. The molecule has 8 aromatic rings. The average molecular weight is 799 g/mol. The Morgan fingerprint density at radius 1 is 0.645 bits per heavy atom. The van der Waals surface area contributed by atoms with Gasteiger partial charge in [-0.2, -0.15) is 0 Å². The normalized spacial score (nSPS) is 17.5. The maximum Gasteiger partial charge on any atom is 0.140 e. The van der Waals surface area contributed by atoms with Crippen LogP contribution in [-0.2, 0) is 18.9 Å². The highest BCUT2D eigenvalue weighted by Crippen LogP contribution is 2.57. The molecular weight excluding hydrogens is 749 g/mol. The molecule has 0 amide bonds. The van der Waals surface area contributed by atoms with Crippen molar-refractivity contribution in [3.8, 4) is 22.3 Å². The molecule has 2 heteroatoms. The monoisotopic (exact) mass is 798 g/mol. The van der Waals surface area contributed by atoms with Crippen LogP contribution in [0.1, 0.15) is 86.6 Å². The van der Waals surface area contributed by atoms with Crippen LogP contribution in [0.3, 0.4) is 0 Å².